The molecule has 0 aliphatic heterocycles. The predicted octanol–water partition coefficient (Wildman–Crippen LogP) is 9.61. The maximum Gasteiger partial charge on any atom is 0.258 e. The van der Waals surface area contributed by atoms with Crippen LogP contribution in [-0.4, -0.2) is 16.7 Å². The van der Waals surface area contributed by atoms with Gasteiger partial charge in [-0.05, 0) is 85.9 Å². The lowest BCUT2D eigenvalue weighted by atomic mass is 9.77. The quantitative estimate of drug-likeness (QED) is 0.212. The molecule has 0 unspecified atom stereocenters. The van der Waals surface area contributed by atoms with E-state index in [9.17, 15) is 0 Å². The van der Waals surface area contributed by atoms with Gasteiger partial charge in [0.25, 0.3) is 5.89 Å². The van der Waals surface area contributed by atoms with Gasteiger partial charge in [0, 0.05) is 11.1 Å². The van der Waals surface area contributed by atoms with Crippen molar-refractivity contribution in [3.05, 3.63) is 54.1 Å². The average Bonchev–Trinajstić information content (AvgIpc) is 3.42. The summed E-state index contributed by atoms with van der Waals surface area (Å²) in [7, 11) is 0. The molecule has 0 bridgehead atoms. The van der Waals surface area contributed by atoms with Crippen molar-refractivity contribution in [2.24, 2.45) is 5.92 Å². The van der Waals surface area contributed by atoms with Gasteiger partial charge in [0.05, 0.1) is 6.61 Å². The monoisotopic (exact) mass is 488 g/mol. The van der Waals surface area contributed by atoms with Crippen LogP contribution >= 0.6 is 0 Å². The Balaban J connectivity index is 1.27. The van der Waals surface area contributed by atoms with Crippen molar-refractivity contribution in [3.63, 3.8) is 0 Å². The van der Waals surface area contributed by atoms with Crippen molar-refractivity contribution < 1.29 is 9.26 Å². The molecule has 1 fully saturated rings. The number of rotatable bonds is 14. The minimum Gasteiger partial charge on any atom is -0.494 e. The van der Waals surface area contributed by atoms with E-state index in [1.807, 2.05) is 24.3 Å². The van der Waals surface area contributed by atoms with E-state index in [-0.39, 0.29) is 0 Å². The van der Waals surface area contributed by atoms with Crippen molar-refractivity contribution in [2.45, 2.75) is 103 Å². The molecule has 0 amide bonds. The number of benzene rings is 2. The van der Waals surface area contributed by atoms with Crippen LogP contribution in [0.4, 0.5) is 0 Å². The van der Waals surface area contributed by atoms with Crippen LogP contribution in [0.5, 0.6) is 5.75 Å². The van der Waals surface area contributed by atoms with Gasteiger partial charge in [-0.2, -0.15) is 4.98 Å². The fourth-order valence-corrected chi connectivity index (χ4v) is 5.42. The second kappa shape index (κ2) is 14.2. The van der Waals surface area contributed by atoms with Gasteiger partial charge in [0.1, 0.15) is 5.75 Å². The normalized spacial score (nSPS) is 17.8. The Hall–Kier alpha value is -2.62. The van der Waals surface area contributed by atoms with Crippen molar-refractivity contribution in [1.29, 1.82) is 0 Å². The van der Waals surface area contributed by atoms with Crippen LogP contribution in [0.2, 0.25) is 0 Å². The third-order valence-corrected chi connectivity index (χ3v) is 7.75. The molecular formula is C32H44N2O2. The van der Waals surface area contributed by atoms with Gasteiger partial charge < -0.3 is 9.26 Å². The molecule has 1 aliphatic rings. The highest BCUT2D eigenvalue weighted by Gasteiger charge is 2.22. The molecule has 194 valence electrons. The first-order chi connectivity index (χ1) is 17.8. The van der Waals surface area contributed by atoms with E-state index < -0.39 is 0 Å². The molecule has 1 aliphatic carbocycles. The molecule has 1 aromatic heterocycles. The molecule has 0 atom stereocenters. The summed E-state index contributed by atoms with van der Waals surface area (Å²) in [5.41, 5.74) is 3.37. The fraction of sp³-hybridized carbons (Fsp3) is 0.562. The van der Waals surface area contributed by atoms with Gasteiger partial charge in [-0.25, -0.2) is 0 Å². The van der Waals surface area contributed by atoms with Gasteiger partial charge >= 0.3 is 0 Å². The van der Waals surface area contributed by atoms with E-state index in [4.69, 9.17) is 9.26 Å². The Morgan fingerprint density at radius 3 is 2.14 bits per heavy atom. The molecule has 2 aromatic carbocycles. The van der Waals surface area contributed by atoms with Crippen LogP contribution < -0.4 is 4.74 Å². The third-order valence-electron chi connectivity index (χ3n) is 7.75. The Bertz CT molecular complexity index is 1000. The Morgan fingerprint density at radius 1 is 0.750 bits per heavy atom. The maximum absolute atomic E-state index is 5.88. The lowest BCUT2D eigenvalue weighted by Crippen LogP contribution is -2.13. The van der Waals surface area contributed by atoms with Gasteiger partial charge in [0.15, 0.2) is 0 Å². The number of hydrogen-bond donors (Lipinski definition) is 0. The highest BCUT2D eigenvalue weighted by atomic mass is 16.5. The summed E-state index contributed by atoms with van der Waals surface area (Å²) in [5.74, 6) is 3.71. The van der Waals surface area contributed by atoms with E-state index in [1.165, 1.54) is 82.6 Å². The maximum atomic E-state index is 5.88. The molecule has 1 saturated carbocycles. The lowest BCUT2D eigenvalue weighted by molar-refractivity contribution is 0.303. The lowest BCUT2D eigenvalue weighted by Gasteiger charge is -2.29. The molecular weight excluding hydrogens is 444 g/mol. The van der Waals surface area contributed by atoms with E-state index in [2.05, 4.69) is 48.3 Å². The number of ether oxygens (including phenoxy) is 1. The first kappa shape index (κ1) is 26.4. The zero-order chi connectivity index (χ0) is 25.0. The second-order valence-corrected chi connectivity index (χ2v) is 10.5. The minimum atomic E-state index is 0.573. The fourth-order valence-electron chi connectivity index (χ4n) is 5.42. The van der Waals surface area contributed by atoms with Gasteiger partial charge in [-0.1, -0.05) is 82.5 Å². The number of nitrogens with zero attached hydrogens (tertiary/aromatic N) is 2. The van der Waals surface area contributed by atoms with Crippen LogP contribution in [0, 0.1) is 5.92 Å². The predicted molar refractivity (Wildman–Crippen MR) is 148 cm³/mol. The molecule has 1 heterocycles. The van der Waals surface area contributed by atoms with Crippen molar-refractivity contribution in [2.75, 3.05) is 6.61 Å². The van der Waals surface area contributed by atoms with Crippen molar-refractivity contribution in [3.8, 4) is 28.6 Å². The number of aromatic nitrogens is 2. The van der Waals surface area contributed by atoms with Gasteiger partial charge in [-0.15, -0.1) is 0 Å². The standard InChI is InChI=1S/C32H44N2O2/c1-3-5-7-8-10-24-35-30-22-20-28(21-23-30)31-33-32(36-34-31)29-18-16-27(17-19-29)26-14-12-25(13-15-26)11-9-6-4-2/h16-23,25-26H,3-15,24H2,1-2H3. The Kier molecular flexibility index (Phi) is 10.4. The van der Waals surface area contributed by atoms with Gasteiger partial charge in [-0.3, -0.25) is 0 Å². The third kappa shape index (κ3) is 7.69. The van der Waals surface area contributed by atoms with Gasteiger partial charge in [0.2, 0.25) is 5.82 Å². The summed E-state index contributed by atoms with van der Waals surface area (Å²) in [6.45, 7) is 5.30. The summed E-state index contributed by atoms with van der Waals surface area (Å²) < 4.78 is 11.5. The van der Waals surface area contributed by atoms with Crippen molar-refractivity contribution >= 4 is 0 Å². The molecule has 4 nitrogen and oxygen atoms in total. The number of hydrogen-bond acceptors (Lipinski definition) is 4. The highest BCUT2D eigenvalue weighted by Crippen LogP contribution is 2.38. The first-order valence-corrected chi connectivity index (χ1v) is 14.4. The van der Waals surface area contributed by atoms with E-state index >= 15 is 0 Å². The summed E-state index contributed by atoms with van der Waals surface area (Å²) in [5, 5.41) is 4.22. The summed E-state index contributed by atoms with van der Waals surface area (Å²) in [4.78, 5) is 4.65. The minimum absolute atomic E-state index is 0.573. The zero-order valence-electron chi connectivity index (χ0n) is 22.4. The second-order valence-electron chi connectivity index (χ2n) is 10.5. The Labute approximate surface area is 217 Å². The molecule has 4 heteroatoms. The van der Waals surface area contributed by atoms with Crippen LogP contribution in [0.1, 0.15) is 109 Å². The van der Waals surface area contributed by atoms with E-state index in [0.717, 1.165) is 35.8 Å². The Morgan fingerprint density at radius 2 is 1.42 bits per heavy atom. The van der Waals surface area contributed by atoms with E-state index in [0.29, 0.717) is 17.6 Å². The molecule has 36 heavy (non-hydrogen) atoms. The summed E-state index contributed by atoms with van der Waals surface area (Å²) >= 11 is 0. The van der Waals surface area contributed by atoms with Crippen molar-refractivity contribution in [1.82, 2.24) is 10.1 Å². The van der Waals surface area contributed by atoms with Crippen LogP contribution in [0.3, 0.4) is 0 Å². The summed E-state index contributed by atoms with van der Waals surface area (Å²) in [6.07, 6.45) is 17.2. The van der Waals surface area contributed by atoms with E-state index in [1.54, 1.807) is 0 Å². The van der Waals surface area contributed by atoms with Crippen LogP contribution in [0.15, 0.2) is 53.1 Å². The topological polar surface area (TPSA) is 48.2 Å². The SMILES string of the molecule is CCCCCCCOc1ccc(-c2noc(-c3ccc(C4CCC(CCCCC)CC4)cc3)n2)cc1. The zero-order valence-corrected chi connectivity index (χ0v) is 22.4. The highest BCUT2D eigenvalue weighted by molar-refractivity contribution is 5.60. The smallest absolute Gasteiger partial charge is 0.258 e. The van der Waals surface area contributed by atoms with Crippen LogP contribution in [0.25, 0.3) is 22.8 Å². The molecule has 0 radical (unpaired) electrons. The summed E-state index contributed by atoms with van der Waals surface area (Å²) in [6, 6.07) is 16.8. The first-order valence-electron chi connectivity index (χ1n) is 14.4. The molecule has 3 aromatic rings. The molecule has 0 spiro atoms. The molecule has 4 rings (SSSR count). The average molecular weight is 489 g/mol. The number of unbranched alkanes of at least 4 members (excludes halogenated alkanes) is 6. The largest absolute Gasteiger partial charge is 0.494 e. The van der Waals surface area contributed by atoms with Crippen LogP contribution in [-0.2, 0) is 0 Å². The molecule has 0 saturated heterocycles. The molecule has 0 N–H and O–H groups in total.